The Morgan fingerprint density at radius 3 is 2.83 bits per heavy atom. The van der Waals surface area contributed by atoms with Crippen molar-refractivity contribution < 1.29 is 4.39 Å². The number of hydrogen-bond donors (Lipinski definition) is 1. The topological polar surface area (TPSA) is 12.0 Å². The summed E-state index contributed by atoms with van der Waals surface area (Å²) in [6, 6.07) is 2.98. The van der Waals surface area contributed by atoms with Gasteiger partial charge in [-0.1, -0.05) is 11.6 Å². The van der Waals surface area contributed by atoms with Crippen molar-refractivity contribution in [1.29, 1.82) is 0 Å². The van der Waals surface area contributed by atoms with Crippen LogP contribution >= 0.6 is 27.5 Å². The fourth-order valence-electron chi connectivity index (χ4n) is 0.890. The van der Waals surface area contributed by atoms with Crippen molar-refractivity contribution in [2.75, 3.05) is 7.05 Å². The smallest absolute Gasteiger partial charge is 0.137 e. The molecule has 0 heterocycles. The Kier molecular flexibility index (Phi) is 3.50. The van der Waals surface area contributed by atoms with E-state index in [4.69, 9.17) is 11.6 Å². The first-order valence-corrected chi connectivity index (χ1v) is 4.60. The van der Waals surface area contributed by atoms with Crippen molar-refractivity contribution in [3.8, 4) is 0 Å². The highest BCUT2D eigenvalue weighted by Gasteiger charge is 2.05. The second kappa shape index (κ2) is 4.21. The molecule has 4 heteroatoms. The van der Waals surface area contributed by atoms with Crippen molar-refractivity contribution >= 4 is 27.5 Å². The number of rotatable bonds is 2. The lowest BCUT2D eigenvalue weighted by atomic mass is 10.2. The van der Waals surface area contributed by atoms with Gasteiger partial charge in [0.05, 0.1) is 4.47 Å². The van der Waals surface area contributed by atoms with Gasteiger partial charge in [-0.2, -0.15) is 0 Å². The molecule has 0 radical (unpaired) electrons. The molecule has 0 saturated heterocycles. The van der Waals surface area contributed by atoms with Gasteiger partial charge in [-0.25, -0.2) is 4.39 Å². The van der Waals surface area contributed by atoms with E-state index in [-0.39, 0.29) is 5.82 Å². The monoisotopic (exact) mass is 251 g/mol. The molecule has 0 aliphatic heterocycles. The highest BCUT2D eigenvalue weighted by Crippen LogP contribution is 2.24. The van der Waals surface area contributed by atoms with E-state index in [2.05, 4.69) is 21.2 Å². The molecule has 1 aromatic rings. The molecule has 0 atom stereocenters. The lowest BCUT2D eigenvalue weighted by Gasteiger charge is -2.04. The predicted molar refractivity (Wildman–Crippen MR) is 51.9 cm³/mol. The van der Waals surface area contributed by atoms with Gasteiger partial charge in [0.15, 0.2) is 0 Å². The van der Waals surface area contributed by atoms with E-state index >= 15 is 0 Å². The third-order valence-corrected chi connectivity index (χ3v) is 2.42. The number of nitrogens with one attached hydrogen (secondary N) is 1. The Morgan fingerprint density at radius 2 is 2.25 bits per heavy atom. The summed E-state index contributed by atoms with van der Waals surface area (Å²) >= 11 is 8.90. The van der Waals surface area contributed by atoms with E-state index in [1.165, 1.54) is 6.07 Å². The molecular formula is C8H8BrClFN. The highest BCUT2D eigenvalue weighted by molar-refractivity contribution is 9.10. The van der Waals surface area contributed by atoms with Crippen LogP contribution in [0.4, 0.5) is 4.39 Å². The Hall–Kier alpha value is -0.120. The van der Waals surface area contributed by atoms with Crippen molar-refractivity contribution in [2.45, 2.75) is 6.54 Å². The minimum Gasteiger partial charge on any atom is -0.316 e. The van der Waals surface area contributed by atoms with Gasteiger partial charge in [0.25, 0.3) is 0 Å². The van der Waals surface area contributed by atoms with E-state index in [9.17, 15) is 4.39 Å². The zero-order valence-corrected chi connectivity index (χ0v) is 8.84. The van der Waals surface area contributed by atoms with Crippen LogP contribution in [-0.4, -0.2) is 7.05 Å². The van der Waals surface area contributed by atoms with E-state index in [1.54, 1.807) is 13.1 Å². The number of benzene rings is 1. The summed E-state index contributed by atoms with van der Waals surface area (Å²) in [5, 5.41) is 3.47. The van der Waals surface area contributed by atoms with Crippen molar-refractivity contribution in [2.24, 2.45) is 0 Å². The van der Waals surface area contributed by atoms with Gasteiger partial charge < -0.3 is 5.32 Å². The highest BCUT2D eigenvalue weighted by atomic mass is 79.9. The van der Waals surface area contributed by atoms with Crippen LogP contribution in [-0.2, 0) is 6.54 Å². The molecule has 0 aromatic heterocycles. The van der Waals surface area contributed by atoms with Gasteiger partial charge >= 0.3 is 0 Å². The van der Waals surface area contributed by atoms with E-state index < -0.39 is 0 Å². The average Bonchev–Trinajstić information content (AvgIpc) is 2.01. The minimum absolute atomic E-state index is 0.287. The summed E-state index contributed by atoms with van der Waals surface area (Å²) in [7, 11) is 1.79. The zero-order chi connectivity index (χ0) is 9.14. The molecule has 1 rings (SSSR count). The summed E-state index contributed by atoms with van der Waals surface area (Å²) in [6.45, 7) is 0.572. The van der Waals surface area contributed by atoms with Crippen LogP contribution in [0.1, 0.15) is 5.56 Å². The molecule has 0 aliphatic rings. The second-order valence-electron chi connectivity index (χ2n) is 2.39. The third-order valence-electron chi connectivity index (χ3n) is 1.46. The summed E-state index contributed by atoms with van der Waals surface area (Å²) in [5.74, 6) is -0.287. The molecule has 0 fully saturated rings. The van der Waals surface area contributed by atoms with Crippen LogP contribution in [0, 0.1) is 5.82 Å². The van der Waals surface area contributed by atoms with Crippen LogP contribution in [0.5, 0.6) is 0 Å². The molecular weight excluding hydrogens is 244 g/mol. The Morgan fingerprint density at radius 1 is 1.58 bits per heavy atom. The normalized spacial score (nSPS) is 10.3. The molecule has 12 heavy (non-hydrogen) atoms. The average molecular weight is 253 g/mol. The molecule has 66 valence electrons. The molecule has 0 bridgehead atoms. The Balaban J connectivity index is 3.05. The predicted octanol–water partition coefficient (Wildman–Crippen LogP) is 2.96. The van der Waals surface area contributed by atoms with E-state index in [0.29, 0.717) is 16.0 Å². The Bertz CT molecular complexity index is 291. The number of hydrogen-bond acceptors (Lipinski definition) is 1. The SMILES string of the molecule is CNCc1cc(F)c(Br)cc1Cl. The summed E-state index contributed by atoms with van der Waals surface area (Å²) in [6.07, 6.45) is 0. The van der Waals surface area contributed by atoms with Gasteiger partial charge in [0, 0.05) is 11.6 Å². The van der Waals surface area contributed by atoms with Crippen LogP contribution in [0.2, 0.25) is 5.02 Å². The number of halogens is 3. The molecule has 1 nitrogen and oxygen atoms in total. The fourth-order valence-corrected chi connectivity index (χ4v) is 1.60. The Labute approximate surface area is 84.0 Å². The first kappa shape index (κ1) is 9.96. The molecule has 0 saturated carbocycles. The van der Waals surface area contributed by atoms with Gasteiger partial charge in [0.1, 0.15) is 5.82 Å². The molecule has 1 N–H and O–H groups in total. The van der Waals surface area contributed by atoms with Gasteiger partial charge in [-0.15, -0.1) is 0 Å². The maximum atomic E-state index is 12.9. The molecule has 0 unspecified atom stereocenters. The second-order valence-corrected chi connectivity index (χ2v) is 3.65. The third kappa shape index (κ3) is 2.19. The first-order chi connectivity index (χ1) is 5.65. The molecule has 0 aliphatic carbocycles. The summed E-state index contributed by atoms with van der Waals surface area (Å²) in [5.41, 5.74) is 0.764. The van der Waals surface area contributed by atoms with Crippen LogP contribution in [0.15, 0.2) is 16.6 Å². The molecule has 1 aromatic carbocycles. The van der Waals surface area contributed by atoms with E-state index in [0.717, 1.165) is 5.56 Å². The fraction of sp³-hybridized carbons (Fsp3) is 0.250. The van der Waals surface area contributed by atoms with Crippen LogP contribution < -0.4 is 5.32 Å². The standard InChI is InChI=1S/C8H8BrClFN/c1-12-4-5-2-8(11)6(9)3-7(5)10/h2-3,12H,4H2,1H3. The first-order valence-electron chi connectivity index (χ1n) is 3.43. The largest absolute Gasteiger partial charge is 0.316 e. The van der Waals surface area contributed by atoms with Gasteiger partial charge in [-0.05, 0) is 40.7 Å². The van der Waals surface area contributed by atoms with Crippen molar-refractivity contribution in [3.63, 3.8) is 0 Å². The molecule has 0 spiro atoms. The van der Waals surface area contributed by atoms with Gasteiger partial charge in [-0.3, -0.25) is 0 Å². The van der Waals surface area contributed by atoms with Crippen molar-refractivity contribution in [1.82, 2.24) is 5.32 Å². The lowest BCUT2D eigenvalue weighted by molar-refractivity contribution is 0.617. The van der Waals surface area contributed by atoms with Crippen LogP contribution in [0.3, 0.4) is 0 Å². The lowest BCUT2D eigenvalue weighted by Crippen LogP contribution is -2.05. The molecule has 0 amide bonds. The maximum Gasteiger partial charge on any atom is 0.137 e. The summed E-state index contributed by atoms with van der Waals surface area (Å²) in [4.78, 5) is 0. The maximum absolute atomic E-state index is 12.9. The summed E-state index contributed by atoms with van der Waals surface area (Å²) < 4.78 is 13.3. The minimum atomic E-state index is -0.287. The van der Waals surface area contributed by atoms with Gasteiger partial charge in [0.2, 0.25) is 0 Å². The van der Waals surface area contributed by atoms with Crippen LogP contribution in [0.25, 0.3) is 0 Å². The van der Waals surface area contributed by atoms with E-state index in [1.807, 2.05) is 0 Å². The van der Waals surface area contributed by atoms with Crippen molar-refractivity contribution in [3.05, 3.63) is 33.0 Å². The zero-order valence-electron chi connectivity index (χ0n) is 6.50. The quantitative estimate of drug-likeness (QED) is 0.798.